The van der Waals surface area contributed by atoms with E-state index in [0.717, 1.165) is 5.57 Å². The van der Waals surface area contributed by atoms with E-state index >= 15 is 0 Å². The minimum Gasteiger partial charge on any atom is -0.469 e. The van der Waals surface area contributed by atoms with Crippen molar-refractivity contribution in [3.63, 3.8) is 0 Å². The molecular formula is C7H9N2O+. The molecule has 0 aliphatic heterocycles. The predicted octanol–water partition coefficient (Wildman–Crippen LogP) is 0.603. The highest BCUT2D eigenvalue weighted by atomic mass is 16.4. The standard InChI is InChI=1S/C7H8N2O/c1-5-2-3-7(9-10)6(8)4-5/h2-4,8,10H,1H3/p+1/b8-6?,9-7-. The van der Waals surface area contributed by atoms with E-state index in [-0.39, 0.29) is 0 Å². The Morgan fingerprint density at radius 3 is 2.70 bits per heavy atom. The van der Waals surface area contributed by atoms with Crippen LogP contribution < -0.4 is 0 Å². The van der Waals surface area contributed by atoms with Gasteiger partial charge < -0.3 is 5.21 Å². The first kappa shape index (κ1) is 6.74. The number of hydrogen-bond donors (Lipinski definition) is 1. The van der Waals surface area contributed by atoms with Crippen molar-refractivity contribution in [2.75, 3.05) is 0 Å². The average Bonchev–Trinajstić information content (AvgIpc) is 1.88. The van der Waals surface area contributed by atoms with Crippen LogP contribution in [0.25, 0.3) is 0 Å². The van der Waals surface area contributed by atoms with Gasteiger partial charge in [-0.05, 0) is 24.6 Å². The molecule has 10 heavy (non-hydrogen) atoms. The lowest BCUT2D eigenvalue weighted by Gasteiger charge is -2.00. The van der Waals surface area contributed by atoms with Crippen LogP contribution in [0.15, 0.2) is 29.0 Å². The van der Waals surface area contributed by atoms with Gasteiger partial charge in [0.15, 0.2) is 5.71 Å². The van der Waals surface area contributed by atoms with Crippen LogP contribution in [-0.2, 0) is 0 Å². The maximum Gasteiger partial charge on any atom is 0.177 e. The van der Waals surface area contributed by atoms with Gasteiger partial charge in [0.1, 0.15) is 0 Å². The summed E-state index contributed by atoms with van der Waals surface area (Å²) in [5, 5.41) is 17.1. The second kappa shape index (κ2) is 2.47. The predicted molar refractivity (Wildman–Crippen MR) is 41.7 cm³/mol. The molecule has 3 N–H and O–H groups in total. The Hall–Kier alpha value is -1.38. The molecule has 0 heterocycles. The van der Waals surface area contributed by atoms with Crippen molar-refractivity contribution < 1.29 is 5.21 Å². The molecule has 1 aliphatic rings. The minimum atomic E-state index is 0.315. The fraction of sp³-hybridized carbons (Fsp3) is 0.143. The highest BCUT2D eigenvalue weighted by Gasteiger charge is 2.07. The van der Waals surface area contributed by atoms with Crippen molar-refractivity contribution in [3.8, 4) is 0 Å². The van der Waals surface area contributed by atoms with Gasteiger partial charge in [0, 0.05) is 0 Å². The average molecular weight is 137 g/mol. The summed E-state index contributed by atoms with van der Waals surface area (Å²) in [5.41, 5.74) is 1.76. The van der Waals surface area contributed by atoms with Gasteiger partial charge in [0.2, 0.25) is 0 Å². The zero-order valence-corrected chi connectivity index (χ0v) is 5.68. The maximum atomic E-state index is 7.30. The van der Waals surface area contributed by atoms with E-state index in [1.54, 1.807) is 12.2 Å². The van der Waals surface area contributed by atoms with Gasteiger partial charge in [0.05, 0.1) is 10.9 Å². The van der Waals surface area contributed by atoms with E-state index in [2.05, 4.69) is 5.16 Å². The number of allylic oxidation sites excluding steroid dienone is 4. The third kappa shape index (κ3) is 1.13. The third-order valence-corrected chi connectivity index (χ3v) is 1.27. The second-order valence-electron chi connectivity index (χ2n) is 2.13. The first-order valence-electron chi connectivity index (χ1n) is 2.94. The summed E-state index contributed by atoms with van der Waals surface area (Å²) < 4.78 is 0. The molecule has 0 spiro atoms. The van der Waals surface area contributed by atoms with Crippen molar-refractivity contribution in [3.05, 3.63) is 23.8 Å². The second-order valence-corrected chi connectivity index (χ2v) is 2.13. The van der Waals surface area contributed by atoms with Crippen LogP contribution in [0.2, 0.25) is 0 Å². The number of nitrogens with one attached hydrogen (secondary N) is 1. The summed E-state index contributed by atoms with van der Waals surface area (Å²) in [7, 11) is 0. The van der Waals surface area contributed by atoms with Gasteiger partial charge >= 0.3 is 0 Å². The zero-order valence-electron chi connectivity index (χ0n) is 5.68. The molecule has 0 atom stereocenters. The quantitative estimate of drug-likeness (QED) is 0.289. The number of nitrogens with zero attached hydrogens (tertiary/aromatic N) is 1. The van der Waals surface area contributed by atoms with E-state index in [1.165, 1.54) is 0 Å². The number of hydrogen-bond acceptors (Lipinski definition) is 2. The smallest absolute Gasteiger partial charge is 0.177 e. The molecule has 1 aliphatic carbocycles. The molecular weight excluding hydrogens is 128 g/mol. The van der Waals surface area contributed by atoms with Crippen LogP contribution in [0, 0.1) is 5.41 Å². The van der Waals surface area contributed by atoms with Crippen molar-refractivity contribution in [1.82, 2.24) is 0 Å². The van der Waals surface area contributed by atoms with Crippen molar-refractivity contribution >= 4 is 11.4 Å². The first-order chi connectivity index (χ1) is 4.74. The molecule has 0 aromatic carbocycles. The lowest BCUT2D eigenvalue weighted by Crippen LogP contribution is -2.10. The summed E-state index contributed by atoms with van der Waals surface area (Å²) in [6.45, 7) is 1.91. The van der Waals surface area contributed by atoms with Gasteiger partial charge in [-0.2, -0.15) is 0 Å². The topological polar surface area (TPSA) is 59.1 Å². The Kier molecular flexibility index (Phi) is 1.67. The molecule has 1 rings (SSSR count). The molecule has 0 bridgehead atoms. The van der Waals surface area contributed by atoms with Crippen molar-refractivity contribution in [2.24, 2.45) is 5.16 Å². The normalized spacial score (nSPS) is 21.5. The fourth-order valence-corrected chi connectivity index (χ4v) is 0.747. The molecule has 0 radical (unpaired) electrons. The van der Waals surface area contributed by atoms with Crippen molar-refractivity contribution in [2.45, 2.75) is 6.92 Å². The van der Waals surface area contributed by atoms with Crippen LogP contribution in [0.1, 0.15) is 6.92 Å². The molecule has 3 heteroatoms. The van der Waals surface area contributed by atoms with Crippen LogP contribution in [0.3, 0.4) is 0 Å². The molecule has 0 unspecified atom stereocenters. The van der Waals surface area contributed by atoms with Gasteiger partial charge in [0.25, 0.3) is 0 Å². The monoisotopic (exact) mass is 137 g/mol. The largest absolute Gasteiger partial charge is 0.469 e. The SMILES string of the molecule is CC1=CC(=N)/C(=N\[OH2+])C=C1. The third-order valence-electron chi connectivity index (χ3n) is 1.27. The summed E-state index contributed by atoms with van der Waals surface area (Å²) in [5.74, 6) is 0. The Morgan fingerprint density at radius 1 is 1.50 bits per heavy atom. The first-order valence-corrected chi connectivity index (χ1v) is 2.94. The Bertz CT molecular complexity index is 248. The van der Waals surface area contributed by atoms with Gasteiger partial charge in [-0.25, -0.2) is 0 Å². The van der Waals surface area contributed by atoms with Crippen molar-refractivity contribution in [1.29, 1.82) is 5.41 Å². The van der Waals surface area contributed by atoms with Gasteiger partial charge in [-0.1, -0.05) is 6.08 Å². The molecule has 0 saturated heterocycles. The van der Waals surface area contributed by atoms with Crippen LogP contribution in [0.5, 0.6) is 0 Å². The molecule has 0 aromatic heterocycles. The Morgan fingerprint density at radius 2 is 2.20 bits per heavy atom. The summed E-state index contributed by atoms with van der Waals surface area (Å²) in [6.07, 6.45) is 5.20. The molecule has 52 valence electrons. The van der Waals surface area contributed by atoms with E-state index in [0.29, 0.717) is 11.4 Å². The molecule has 3 nitrogen and oxygen atoms in total. The molecule has 0 saturated carbocycles. The summed E-state index contributed by atoms with van der Waals surface area (Å²) >= 11 is 0. The molecule has 0 amide bonds. The molecule has 0 fully saturated rings. The van der Waals surface area contributed by atoms with E-state index in [1.807, 2.05) is 13.0 Å². The van der Waals surface area contributed by atoms with E-state index in [9.17, 15) is 0 Å². The highest BCUT2D eigenvalue weighted by Crippen LogP contribution is 2.03. The van der Waals surface area contributed by atoms with Crippen LogP contribution in [-0.4, -0.2) is 16.6 Å². The minimum absolute atomic E-state index is 0.315. The number of rotatable bonds is 0. The van der Waals surface area contributed by atoms with Crippen LogP contribution >= 0.6 is 0 Å². The lowest BCUT2D eigenvalue weighted by atomic mass is 10.1. The fourth-order valence-electron chi connectivity index (χ4n) is 0.747. The van der Waals surface area contributed by atoms with Gasteiger partial charge in [-0.15, -0.1) is 0 Å². The maximum absolute atomic E-state index is 7.30. The van der Waals surface area contributed by atoms with E-state index < -0.39 is 0 Å². The Labute approximate surface area is 58.9 Å². The van der Waals surface area contributed by atoms with Gasteiger partial charge in [-0.3, -0.25) is 5.41 Å². The lowest BCUT2D eigenvalue weighted by molar-refractivity contribution is 0.320. The highest BCUT2D eigenvalue weighted by molar-refractivity contribution is 6.50. The Balaban J connectivity index is 2.95. The van der Waals surface area contributed by atoms with Crippen LogP contribution in [0.4, 0.5) is 0 Å². The summed E-state index contributed by atoms with van der Waals surface area (Å²) in [4.78, 5) is 0. The van der Waals surface area contributed by atoms with E-state index in [4.69, 9.17) is 10.6 Å². The summed E-state index contributed by atoms with van der Waals surface area (Å²) in [6, 6.07) is 0. The molecule has 0 aromatic rings. The zero-order chi connectivity index (χ0) is 7.56.